The van der Waals surface area contributed by atoms with Gasteiger partial charge in [0.15, 0.2) is 0 Å². The highest BCUT2D eigenvalue weighted by atomic mass is 32.2. The van der Waals surface area contributed by atoms with E-state index in [1.165, 1.54) is 36.4 Å². The van der Waals surface area contributed by atoms with Crippen LogP contribution in [-0.4, -0.2) is 38.6 Å². The number of esters is 1. The SMILES string of the molecule is Cc1ccc(S(=O)(=O)OC[C@@H](CCCOCc2ccccc2)OC(=O)c2ccc([N+](=O)[O-])cc2)cc1. The number of carbonyl (C=O) groups is 1. The summed E-state index contributed by atoms with van der Waals surface area (Å²) >= 11 is 0. The Labute approximate surface area is 209 Å². The van der Waals surface area contributed by atoms with Gasteiger partial charge in [0.25, 0.3) is 15.8 Å². The first-order valence-corrected chi connectivity index (χ1v) is 12.7. The molecule has 3 rings (SSSR count). The topological polar surface area (TPSA) is 122 Å². The van der Waals surface area contributed by atoms with E-state index in [2.05, 4.69) is 0 Å². The molecule has 190 valence electrons. The number of carbonyl (C=O) groups excluding carboxylic acids is 1. The van der Waals surface area contributed by atoms with Crippen LogP contribution < -0.4 is 0 Å². The van der Waals surface area contributed by atoms with E-state index in [0.717, 1.165) is 11.1 Å². The second kappa shape index (κ2) is 12.9. The molecule has 0 saturated heterocycles. The molecule has 0 aliphatic carbocycles. The molecule has 0 spiro atoms. The summed E-state index contributed by atoms with van der Waals surface area (Å²) in [6.45, 7) is 2.25. The Balaban J connectivity index is 1.61. The van der Waals surface area contributed by atoms with Crippen molar-refractivity contribution in [2.24, 2.45) is 0 Å². The number of hydrogen-bond donors (Lipinski definition) is 0. The predicted octanol–water partition coefficient (Wildman–Crippen LogP) is 4.83. The van der Waals surface area contributed by atoms with Crippen molar-refractivity contribution >= 4 is 21.8 Å². The summed E-state index contributed by atoms with van der Waals surface area (Å²) in [7, 11) is -4.06. The van der Waals surface area contributed by atoms with Crippen LogP contribution in [0, 0.1) is 17.0 Å². The molecule has 1 atom stereocenters. The Hall–Kier alpha value is -3.60. The van der Waals surface area contributed by atoms with Crippen LogP contribution in [0.15, 0.2) is 83.8 Å². The van der Waals surface area contributed by atoms with E-state index in [1.807, 2.05) is 37.3 Å². The van der Waals surface area contributed by atoms with E-state index in [0.29, 0.717) is 19.6 Å². The number of nitrogens with zero attached hydrogens (tertiary/aromatic N) is 1. The van der Waals surface area contributed by atoms with Gasteiger partial charge in [-0.25, -0.2) is 4.79 Å². The lowest BCUT2D eigenvalue weighted by molar-refractivity contribution is -0.384. The molecule has 0 N–H and O–H groups in total. The third-order valence-electron chi connectivity index (χ3n) is 5.23. The number of aryl methyl sites for hydroxylation is 1. The van der Waals surface area contributed by atoms with Crippen molar-refractivity contribution in [2.45, 2.75) is 37.4 Å². The molecule has 3 aromatic carbocycles. The lowest BCUT2D eigenvalue weighted by atomic mass is 10.2. The standard InChI is InChI=1S/C26H27NO8S/c1-20-9-15-25(16-10-20)36(31,32)34-19-24(8-5-17-33-18-21-6-3-2-4-7-21)35-26(28)22-11-13-23(14-12-22)27(29)30/h2-4,6-7,9-16,24H,5,8,17-19H2,1H3/t24-/m1/s1. The highest BCUT2D eigenvalue weighted by Gasteiger charge is 2.22. The average Bonchev–Trinajstić information content (AvgIpc) is 2.87. The van der Waals surface area contributed by atoms with E-state index in [-0.39, 0.29) is 29.2 Å². The molecule has 0 amide bonds. The summed E-state index contributed by atoms with van der Waals surface area (Å²) in [5.74, 6) is -0.739. The first-order chi connectivity index (χ1) is 17.2. The largest absolute Gasteiger partial charge is 0.456 e. The minimum absolute atomic E-state index is 0.000241. The van der Waals surface area contributed by atoms with Crippen molar-refractivity contribution in [1.82, 2.24) is 0 Å². The molecule has 0 saturated carbocycles. The first kappa shape index (κ1) is 27.0. The first-order valence-electron chi connectivity index (χ1n) is 11.3. The van der Waals surface area contributed by atoms with E-state index in [9.17, 15) is 23.3 Å². The molecule has 0 unspecified atom stereocenters. The van der Waals surface area contributed by atoms with Gasteiger partial charge in [-0.2, -0.15) is 8.42 Å². The van der Waals surface area contributed by atoms with E-state index in [4.69, 9.17) is 13.7 Å². The Kier molecular flexibility index (Phi) is 9.69. The van der Waals surface area contributed by atoms with Gasteiger partial charge >= 0.3 is 5.97 Å². The van der Waals surface area contributed by atoms with Crippen molar-refractivity contribution in [3.63, 3.8) is 0 Å². The number of non-ortho nitro benzene ring substituents is 1. The summed E-state index contributed by atoms with van der Waals surface area (Å²) in [4.78, 5) is 22.9. The van der Waals surface area contributed by atoms with E-state index >= 15 is 0 Å². The van der Waals surface area contributed by atoms with Gasteiger partial charge in [-0.15, -0.1) is 0 Å². The van der Waals surface area contributed by atoms with Crippen LogP contribution in [0.25, 0.3) is 0 Å². The predicted molar refractivity (Wildman–Crippen MR) is 132 cm³/mol. The molecule has 0 aliphatic rings. The number of rotatable bonds is 13. The van der Waals surface area contributed by atoms with Gasteiger partial charge in [0.1, 0.15) is 12.7 Å². The zero-order valence-corrected chi connectivity index (χ0v) is 20.6. The van der Waals surface area contributed by atoms with Gasteiger partial charge < -0.3 is 9.47 Å². The van der Waals surface area contributed by atoms with Gasteiger partial charge in [0, 0.05) is 18.7 Å². The molecule has 36 heavy (non-hydrogen) atoms. The highest BCUT2D eigenvalue weighted by Crippen LogP contribution is 2.18. The van der Waals surface area contributed by atoms with Gasteiger partial charge in [0.05, 0.1) is 22.0 Å². The second-order valence-corrected chi connectivity index (χ2v) is 9.68. The quantitative estimate of drug-likeness (QED) is 0.105. The zero-order chi connectivity index (χ0) is 26.0. The number of nitro benzene ring substituents is 1. The average molecular weight is 514 g/mol. The van der Waals surface area contributed by atoms with E-state index < -0.39 is 27.1 Å². The van der Waals surface area contributed by atoms with Crippen molar-refractivity contribution in [3.8, 4) is 0 Å². The summed E-state index contributed by atoms with van der Waals surface area (Å²) in [5.41, 5.74) is 1.86. The van der Waals surface area contributed by atoms with Crippen LogP contribution in [-0.2, 0) is 30.4 Å². The fourth-order valence-corrected chi connectivity index (χ4v) is 4.17. The minimum atomic E-state index is -4.06. The van der Waals surface area contributed by atoms with Gasteiger partial charge in [-0.05, 0) is 49.6 Å². The summed E-state index contributed by atoms with van der Waals surface area (Å²) in [6.07, 6.45) is -0.108. The maximum Gasteiger partial charge on any atom is 0.338 e. The van der Waals surface area contributed by atoms with Crippen molar-refractivity contribution < 1.29 is 31.8 Å². The Bertz CT molecular complexity index is 1240. The van der Waals surface area contributed by atoms with Crippen LogP contribution in [0.4, 0.5) is 5.69 Å². The minimum Gasteiger partial charge on any atom is -0.456 e. The highest BCUT2D eigenvalue weighted by molar-refractivity contribution is 7.86. The molecule has 3 aromatic rings. The van der Waals surface area contributed by atoms with Crippen LogP contribution in [0.2, 0.25) is 0 Å². The normalized spacial score (nSPS) is 12.1. The molecule has 0 radical (unpaired) electrons. The van der Waals surface area contributed by atoms with E-state index in [1.54, 1.807) is 12.1 Å². The molecular formula is C26H27NO8S. The maximum atomic E-state index is 12.6. The fraction of sp³-hybridized carbons (Fsp3) is 0.269. The third-order valence-corrected chi connectivity index (χ3v) is 6.53. The Morgan fingerprint density at radius 1 is 0.972 bits per heavy atom. The maximum absolute atomic E-state index is 12.6. The lowest BCUT2D eigenvalue weighted by Crippen LogP contribution is -2.26. The summed E-state index contributed by atoms with van der Waals surface area (Å²) < 4.78 is 41.5. The Morgan fingerprint density at radius 2 is 1.64 bits per heavy atom. The molecule has 10 heteroatoms. The smallest absolute Gasteiger partial charge is 0.338 e. The monoisotopic (exact) mass is 513 g/mol. The van der Waals surface area contributed by atoms with Crippen LogP contribution >= 0.6 is 0 Å². The number of nitro groups is 1. The molecule has 0 heterocycles. The van der Waals surface area contributed by atoms with Gasteiger partial charge in [0.2, 0.25) is 0 Å². The number of ether oxygens (including phenoxy) is 2. The lowest BCUT2D eigenvalue weighted by Gasteiger charge is -2.18. The van der Waals surface area contributed by atoms with Crippen molar-refractivity contribution in [3.05, 3.63) is 106 Å². The molecule has 9 nitrogen and oxygen atoms in total. The summed E-state index contributed by atoms with van der Waals surface area (Å²) in [6, 6.07) is 20.8. The van der Waals surface area contributed by atoms with Gasteiger partial charge in [-0.1, -0.05) is 48.0 Å². The van der Waals surface area contributed by atoms with Crippen molar-refractivity contribution in [1.29, 1.82) is 0 Å². The summed E-state index contributed by atoms with van der Waals surface area (Å²) in [5, 5.41) is 10.8. The second-order valence-electron chi connectivity index (χ2n) is 8.06. The van der Waals surface area contributed by atoms with Crippen LogP contribution in [0.3, 0.4) is 0 Å². The van der Waals surface area contributed by atoms with Crippen LogP contribution in [0.1, 0.15) is 34.3 Å². The fourth-order valence-electron chi connectivity index (χ4n) is 3.23. The van der Waals surface area contributed by atoms with Crippen LogP contribution in [0.5, 0.6) is 0 Å². The number of hydrogen-bond acceptors (Lipinski definition) is 8. The van der Waals surface area contributed by atoms with Gasteiger partial charge in [-0.3, -0.25) is 14.3 Å². The molecular weight excluding hydrogens is 486 g/mol. The van der Waals surface area contributed by atoms with Crippen molar-refractivity contribution in [2.75, 3.05) is 13.2 Å². The Morgan fingerprint density at radius 3 is 2.28 bits per heavy atom. The molecule has 0 aromatic heterocycles. The molecule has 0 fully saturated rings. The molecule has 0 bridgehead atoms. The third kappa shape index (κ3) is 8.26. The zero-order valence-electron chi connectivity index (χ0n) is 19.7. The molecule has 0 aliphatic heterocycles. The number of benzene rings is 3.